The number of allylic oxidation sites excluding steroid dienone is 2. The van der Waals surface area contributed by atoms with Gasteiger partial charge >= 0.3 is 0 Å². The van der Waals surface area contributed by atoms with Crippen LogP contribution in [-0.2, 0) is 9.59 Å². The van der Waals surface area contributed by atoms with E-state index in [1.807, 2.05) is 6.92 Å². The molecule has 1 unspecified atom stereocenters. The molecule has 3 aliphatic carbocycles. The third-order valence-electron chi connectivity index (χ3n) is 8.37. The summed E-state index contributed by atoms with van der Waals surface area (Å²) < 4.78 is 0. The van der Waals surface area contributed by atoms with E-state index in [4.69, 9.17) is 11.6 Å². The van der Waals surface area contributed by atoms with Gasteiger partial charge in [0.25, 0.3) is 0 Å². The highest BCUT2D eigenvalue weighted by Crippen LogP contribution is 2.43. The number of hydrogen-bond acceptors (Lipinski definition) is 5. The van der Waals surface area contributed by atoms with E-state index < -0.39 is 0 Å². The molecule has 3 N–H and O–H groups in total. The molecule has 4 aliphatic rings. The van der Waals surface area contributed by atoms with Gasteiger partial charge in [0.05, 0.1) is 22.4 Å². The van der Waals surface area contributed by atoms with Crippen LogP contribution in [-0.4, -0.2) is 35.0 Å². The molecule has 198 valence electrons. The summed E-state index contributed by atoms with van der Waals surface area (Å²) in [6, 6.07) is 2.86. The quantitative estimate of drug-likeness (QED) is 0.369. The summed E-state index contributed by atoms with van der Waals surface area (Å²) in [6.07, 6.45) is 14.9. The van der Waals surface area contributed by atoms with Gasteiger partial charge in [-0.2, -0.15) is 5.26 Å². The molecule has 4 rings (SSSR count). The second-order valence-electron chi connectivity index (χ2n) is 11.0. The van der Waals surface area contributed by atoms with Crippen LogP contribution in [0.2, 0.25) is 0 Å². The lowest BCUT2D eigenvalue weighted by molar-refractivity contribution is -0.120. The van der Waals surface area contributed by atoms with E-state index in [2.05, 4.69) is 22.0 Å². The molecule has 3 fully saturated rings. The number of nitrogens with one attached hydrogen (secondary N) is 3. The molecule has 0 saturated heterocycles. The molecule has 0 spiro atoms. The van der Waals surface area contributed by atoms with Crippen LogP contribution in [0.5, 0.6) is 0 Å². The van der Waals surface area contributed by atoms with Crippen LogP contribution >= 0.6 is 23.4 Å². The van der Waals surface area contributed by atoms with Gasteiger partial charge in [0.15, 0.2) is 0 Å². The summed E-state index contributed by atoms with van der Waals surface area (Å²) in [5, 5.41) is 21.0. The molecule has 1 aliphatic heterocycles. The van der Waals surface area contributed by atoms with E-state index >= 15 is 0 Å². The molecule has 0 bridgehead atoms. The van der Waals surface area contributed by atoms with E-state index in [9.17, 15) is 14.9 Å². The normalized spacial score (nSPS) is 28.3. The van der Waals surface area contributed by atoms with Crippen LogP contribution in [0.1, 0.15) is 96.8 Å². The smallest absolute Gasteiger partial charge is 0.249 e. The van der Waals surface area contributed by atoms with Crippen molar-refractivity contribution in [2.75, 3.05) is 5.75 Å². The van der Waals surface area contributed by atoms with E-state index in [1.54, 1.807) is 0 Å². The molecule has 0 radical (unpaired) electrons. The van der Waals surface area contributed by atoms with Crippen molar-refractivity contribution in [1.82, 2.24) is 16.0 Å². The predicted octanol–water partition coefficient (Wildman–Crippen LogP) is 5.64. The van der Waals surface area contributed by atoms with Gasteiger partial charge in [-0.3, -0.25) is 9.59 Å². The van der Waals surface area contributed by atoms with Crippen molar-refractivity contribution in [3.05, 3.63) is 21.9 Å². The Morgan fingerprint density at radius 1 is 0.944 bits per heavy atom. The largest absolute Gasteiger partial charge is 0.353 e. The highest BCUT2D eigenvalue weighted by Gasteiger charge is 2.39. The van der Waals surface area contributed by atoms with Crippen molar-refractivity contribution in [3.8, 4) is 6.07 Å². The summed E-state index contributed by atoms with van der Waals surface area (Å²) in [5.41, 5.74) is 2.14. The van der Waals surface area contributed by atoms with Gasteiger partial charge < -0.3 is 16.0 Å². The molecule has 3 saturated carbocycles. The summed E-state index contributed by atoms with van der Waals surface area (Å²) in [5.74, 6) is 0.298. The first-order valence-electron chi connectivity index (χ1n) is 14.0. The van der Waals surface area contributed by atoms with Crippen LogP contribution < -0.4 is 16.0 Å². The van der Waals surface area contributed by atoms with Crippen molar-refractivity contribution in [3.63, 3.8) is 0 Å². The number of hydrogen-bond donors (Lipinski definition) is 3. The molecular weight excluding hydrogens is 492 g/mol. The van der Waals surface area contributed by atoms with Gasteiger partial charge in [-0.1, -0.05) is 50.3 Å². The van der Waals surface area contributed by atoms with Gasteiger partial charge in [-0.15, -0.1) is 11.6 Å². The zero-order valence-corrected chi connectivity index (χ0v) is 23.1. The molecule has 0 aromatic carbocycles. The summed E-state index contributed by atoms with van der Waals surface area (Å²) in [7, 11) is 0. The first kappa shape index (κ1) is 27.4. The third kappa shape index (κ3) is 7.01. The van der Waals surface area contributed by atoms with Crippen molar-refractivity contribution < 1.29 is 9.59 Å². The Hall–Kier alpha value is -1.65. The Morgan fingerprint density at radius 3 is 2.19 bits per heavy atom. The molecule has 6 nitrogen and oxygen atoms in total. The zero-order chi connectivity index (χ0) is 25.5. The monoisotopic (exact) mass is 532 g/mol. The number of alkyl halides is 1. The minimum atomic E-state index is -0.218. The second-order valence-corrected chi connectivity index (χ2v) is 12.6. The Labute approximate surface area is 225 Å². The Balaban J connectivity index is 1.49. The van der Waals surface area contributed by atoms with E-state index in [0.29, 0.717) is 11.1 Å². The fourth-order valence-electron chi connectivity index (χ4n) is 6.42. The highest BCUT2D eigenvalue weighted by molar-refractivity contribution is 8.03. The topological polar surface area (TPSA) is 94.0 Å². The Bertz CT molecular complexity index is 907. The third-order valence-corrected chi connectivity index (χ3v) is 9.82. The minimum absolute atomic E-state index is 0.0211. The number of rotatable bonds is 7. The summed E-state index contributed by atoms with van der Waals surface area (Å²) in [6.45, 7) is 1.94. The standard InChI is InChI=1S/C28H41ClN4O2S/c1-18-25(27(35)33-22-14-12-20(29)13-15-22)26(19-8-4-2-5-9-19)23(16-30)28(31-18)36-17-24(34)32-21-10-6-3-7-11-21/h19-22,26,31H,2-15,17H2,1H3,(H,32,34)(H,33,35). The average Bonchev–Trinajstić information content (AvgIpc) is 2.89. The first-order valence-corrected chi connectivity index (χ1v) is 15.4. The van der Waals surface area contributed by atoms with Crippen LogP contribution in [0.4, 0.5) is 0 Å². The molecule has 8 heteroatoms. The van der Waals surface area contributed by atoms with Crippen molar-refractivity contribution in [2.24, 2.45) is 11.8 Å². The van der Waals surface area contributed by atoms with Gasteiger partial charge in [0.1, 0.15) is 0 Å². The van der Waals surface area contributed by atoms with Gasteiger partial charge in [0, 0.05) is 34.6 Å². The van der Waals surface area contributed by atoms with Crippen LogP contribution in [0.3, 0.4) is 0 Å². The average molecular weight is 533 g/mol. The lowest BCUT2D eigenvalue weighted by Crippen LogP contribution is -2.43. The molecule has 2 amide bonds. The number of nitrogens with zero attached hydrogens (tertiary/aromatic N) is 1. The number of carbonyl (C=O) groups excluding carboxylic acids is 2. The van der Waals surface area contributed by atoms with Gasteiger partial charge in [-0.05, 0) is 64.2 Å². The molecule has 36 heavy (non-hydrogen) atoms. The first-order chi connectivity index (χ1) is 17.5. The number of amides is 2. The minimum Gasteiger partial charge on any atom is -0.353 e. The molecular formula is C28H41ClN4O2S. The summed E-state index contributed by atoms with van der Waals surface area (Å²) >= 11 is 7.67. The highest BCUT2D eigenvalue weighted by atomic mass is 35.5. The lowest BCUT2D eigenvalue weighted by Gasteiger charge is -2.37. The SMILES string of the molecule is CC1=C(C(=O)NC2CCC(Cl)CC2)C(C2CCCCC2)C(C#N)=C(SCC(=O)NC2CCCCC2)N1. The maximum Gasteiger partial charge on any atom is 0.249 e. The van der Waals surface area contributed by atoms with E-state index in [1.165, 1.54) is 37.4 Å². The summed E-state index contributed by atoms with van der Waals surface area (Å²) in [4.78, 5) is 26.3. The number of dihydropyridines is 1. The van der Waals surface area contributed by atoms with Gasteiger partial charge in [0.2, 0.25) is 11.8 Å². The maximum absolute atomic E-state index is 13.6. The number of nitriles is 1. The number of halogens is 1. The zero-order valence-electron chi connectivity index (χ0n) is 21.5. The van der Waals surface area contributed by atoms with Crippen molar-refractivity contribution in [1.29, 1.82) is 5.26 Å². The molecule has 1 heterocycles. The van der Waals surface area contributed by atoms with Crippen molar-refractivity contribution >= 4 is 35.2 Å². The fraction of sp³-hybridized carbons (Fsp3) is 0.750. The predicted molar refractivity (Wildman–Crippen MR) is 146 cm³/mol. The Morgan fingerprint density at radius 2 is 1.56 bits per heavy atom. The molecule has 0 aromatic rings. The fourth-order valence-corrected chi connectivity index (χ4v) is 7.59. The lowest BCUT2D eigenvalue weighted by atomic mass is 9.71. The van der Waals surface area contributed by atoms with Crippen molar-refractivity contribution in [2.45, 2.75) is 114 Å². The van der Waals surface area contributed by atoms with E-state index in [-0.39, 0.29) is 46.9 Å². The second kappa shape index (κ2) is 13.2. The maximum atomic E-state index is 13.6. The number of thioether (sulfide) groups is 1. The molecule has 1 atom stereocenters. The number of carbonyl (C=O) groups is 2. The molecule has 0 aromatic heterocycles. The Kier molecular flexibility index (Phi) is 10.1. The van der Waals surface area contributed by atoms with E-state index in [0.717, 1.165) is 74.9 Å². The van der Waals surface area contributed by atoms with Crippen LogP contribution in [0.15, 0.2) is 21.9 Å². The van der Waals surface area contributed by atoms with Crippen LogP contribution in [0.25, 0.3) is 0 Å². The van der Waals surface area contributed by atoms with Gasteiger partial charge in [-0.25, -0.2) is 0 Å². The van der Waals surface area contributed by atoms with Crippen LogP contribution in [0, 0.1) is 23.2 Å².